The van der Waals surface area contributed by atoms with Crippen LogP contribution in [0.5, 0.6) is 0 Å². The molecule has 8 heteroatoms. The zero-order chi connectivity index (χ0) is 22.4. The maximum Gasteiger partial charge on any atom is 0.334 e. The number of hydrogen-bond acceptors (Lipinski definition) is 8. The second-order valence-corrected chi connectivity index (χ2v) is 7.91. The van der Waals surface area contributed by atoms with Crippen molar-refractivity contribution in [2.75, 3.05) is 13.2 Å². The number of fused-ring (bicyclic) bond motifs is 1. The fourth-order valence-electron chi connectivity index (χ4n) is 3.39. The molecule has 30 heavy (non-hydrogen) atoms. The summed E-state index contributed by atoms with van der Waals surface area (Å²) in [6.07, 6.45) is 1.69. The Balaban J connectivity index is 2.36. The summed E-state index contributed by atoms with van der Waals surface area (Å²) in [5.41, 5.74) is 0.819. The molecule has 0 saturated carbocycles. The van der Waals surface area contributed by atoms with Gasteiger partial charge < -0.3 is 19.3 Å². The van der Waals surface area contributed by atoms with Gasteiger partial charge in [-0.2, -0.15) is 0 Å². The molecule has 1 saturated heterocycles. The van der Waals surface area contributed by atoms with Crippen LogP contribution in [-0.4, -0.2) is 54.2 Å². The first-order valence-corrected chi connectivity index (χ1v) is 9.87. The normalized spacial score (nSPS) is 28.0. The van der Waals surface area contributed by atoms with E-state index in [1.54, 1.807) is 6.08 Å². The van der Waals surface area contributed by atoms with E-state index in [4.69, 9.17) is 14.2 Å². The van der Waals surface area contributed by atoms with Gasteiger partial charge in [-0.05, 0) is 23.6 Å². The number of ketones is 1. The first kappa shape index (κ1) is 23.5. The van der Waals surface area contributed by atoms with Gasteiger partial charge in [0.15, 0.2) is 5.78 Å². The molecule has 2 rings (SSSR count). The van der Waals surface area contributed by atoms with Crippen molar-refractivity contribution in [2.24, 2.45) is 11.8 Å². The molecular formula is C22H28O8. The molecule has 0 radical (unpaired) electrons. The molecule has 0 bridgehead atoms. The summed E-state index contributed by atoms with van der Waals surface area (Å²) in [4.78, 5) is 48.1. The summed E-state index contributed by atoms with van der Waals surface area (Å²) < 4.78 is 16.0. The third kappa shape index (κ3) is 6.38. The first-order valence-electron chi connectivity index (χ1n) is 9.87. The van der Waals surface area contributed by atoms with Crippen molar-refractivity contribution in [1.82, 2.24) is 0 Å². The molecule has 0 amide bonds. The van der Waals surface area contributed by atoms with E-state index in [0.29, 0.717) is 5.57 Å². The molecule has 1 aliphatic heterocycles. The lowest BCUT2D eigenvalue weighted by atomic mass is 9.86. The summed E-state index contributed by atoms with van der Waals surface area (Å²) in [6, 6.07) is 0. The van der Waals surface area contributed by atoms with Crippen LogP contribution in [0, 0.1) is 11.8 Å². The maximum atomic E-state index is 12.6. The van der Waals surface area contributed by atoms with E-state index in [2.05, 4.69) is 6.58 Å². The van der Waals surface area contributed by atoms with Gasteiger partial charge in [-0.15, -0.1) is 0 Å². The van der Waals surface area contributed by atoms with Crippen molar-refractivity contribution in [3.05, 3.63) is 35.5 Å². The zero-order valence-electron chi connectivity index (χ0n) is 17.5. The van der Waals surface area contributed by atoms with E-state index in [9.17, 15) is 24.3 Å². The highest BCUT2D eigenvalue weighted by atomic mass is 16.6. The van der Waals surface area contributed by atoms with Gasteiger partial charge in [-0.3, -0.25) is 14.4 Å². The third-order valence-corrected chi connectivity index (χ3v) is 4.84. The van der Waals surface area contributed by atoms with Gasteiger partial charge in [-0.25, -0.2) is 4.79 Å². The van der Waals surface area contributed by atoms with Crippen LogP contribution in [0.2, 0.25) is 0 Å². The highest BCUT2D eigenvalue weighted by molar-refractivity contribution is 5.98. The number of aliphatic hydroxyl groups excluding tert-OH is 1. The van der Waals surface area contributed by atoms with Crippen LogP contribution in [-0.2, 0) is 33.4 Å². The zero-order valence-corrected chi connectivity index (χ0v) is 17.5. The topological polar surface area (TPSA) is 116 Å². The maximum absolute atomic E-state index is 12.6. The molecule has 164 valence electrons. The number of esters is 3. The molecule has 8 nitrogen and oxygen atoms in total. The summed E-state index contributed by atoms with van der Waals surface area (Å²) in [5, 5.41) is 9.64. The van der Waals surface area contributed by atoms with E-state index < -0.39 is 36.7 Å². The smallest absolute Gasteiger partial charge is 0.334 e. The molecule has 1 heterocycles. The van der Waals surface area contributed by atoms with Crippen LogP contribution in [0.25, 0.3) is 0 Å². The van der Waals surface area contributed by atoms with Crippen LogP contribution < -0.4 is 0 Å². The molecule has 0 spiro atoms. The molecule has 1 fully saturated rings. The Kier molecular flexibility index (Phi) is 8.11. The Morgan fingerprint density at radius 1 is 1.27 bits per heavy atom. The molecule has 1 aliphatic carbocycles. The van der Waals surface area contributed by atoms with Gasteiger partial charge in [-0.1, -0.05) is 20.4 Å². The van der Waals surface area contributed by atoms with E-state index in [0.717, 1.165) is 0 Å². The summed E-state index contributed by atoms with van der Waals surface area (Å²) in [6.45, 7) is 8.13. The molecular weight excluding hydrogens is 392 g/mol. The lowest BCUT2D eigenvalue weighted by molar-refractivity contribution is -0.146. The van der Waals surface area contributed by atoms with Gasteiger partial charge in [0.05, 0.1) is 6.61 Å². The molecule has 0 aromatic heterocycles. The van der Waals surface area contributed by atoms with Crippen LogP contribution in [0.3, 0.4) is 0 Å². The minimum atomic E-state index is -0.847. The first-order chi connectivity index (χ1) is 14.1. The van der Waals surface area contributed by atoms with Crippen LogP contribution in [0.15, 0.2) is 35.5 Å². The van der Waals surface area contributed by atoms with E-state index in [1.807, 2.05) is 13.8 Å². The van der Waals surface area contributed by atoms with Gasteiger partial charge in [0.25, 0.3) is 0 Å². The summed E-state index contributed by atoms with van der Waals surface area (Å²) >= 11 is 0. The van der Waals surface area contributed by atoms with Crippen LogP contribution in [0.1, 0.15) is 40.0 Å². The predicted octanol–water partition coefficient (Wildman–Crippen LogP) is 1.81. The summed E-state index contributed by atoms with van der Waals surface area (Å²) in [5.74, 6) is -2.38. The molecule has 0 unspecified atom stereocenters. The van der Waals surface area contributed by atoms with E-state index in [-0.39, 0.29) is 54.7 Å². The molecule has 1 N–H and O–H groups in total. The van der Waals surface area contributed by atoms with Crippen LogP contribution in [0.4, 0.5) is 0 Å². The predicted molar refractivity (Wildman–Crippen MR) is 106 cm³/mol. The fraction of sp³-hybridized carbons (Fsp3) is 0.545. The number of ether oxygens (including phenoxy) is 3. The largest absolute Gasteiger partial charge is 0.461 e. The third-order valence-electron chi connectivity index (χ3n) is 4.84. The quantitative estimate of drug-likeness (QED) is 0.299. The Labute approximate surface area is 175 Å². The number of hydrogen-bond donors (Lipinski definition) is 1. The SMILES string of the molecule is C=C1C(=O)O[C@@H]2/C=C(/COC(=O)CC(C)C)C[C@H](OC(C)=O)/C=C(/CO)C(=O)C[C@@H]12. The van der Waals surface area contributed by atoms with Crippen molar-refractivity contribution < 1.29 is 38.5 Å². The Hall–Kier alpha value is -2.74. The number of rotatable bonds is 6. The van der Waals surface area contributed by atoms with Crippen molar-refractivity contribution in [1.29, 1.82) is 0 Å². The van der Waals surface area contributed by atoms with Crippen molar-refractivity contribution in [3.8, 4) is 0 Å². The number of carbonyl (C=O) groups is 4. The monoisotopic (exact) mass is 420 g/mol. The second kappa shape index (κ2) is 10.3. The minimum absolute atomic E-state index is 0.0743. The lowest BCUT2D eigenvalue weighted by Gasteiger charge is -2.22. The second-order valence-electron chi connectivity index (χ2n) is 7.91. The summed E-state index contributed by atoms with van der Waals surface area (Å²) in [7, 11) is 0. The highest BCUT2D eigenvalue weighted by Gasteiger charge is 2.40. The van der Waals surface area contributed by atoms with Crippen molar-refractivity contribution >= 4 is 23.7 Å². The van der Waals surface area contributed by atoms with Gasteiger partial charge in [0.2, 0.25) is 0 Å². The van der Waals surface area contributed by atoms with Gasteiger partial charge in [0, 0.05) is 43.3 Å². The van der Waals surface area contributed by atoms with Crippen molar-refractivity contribution in [3.63, 3.8) is 0 Å². The average Bonchev–Trinajstić information content (AvgIpc) is 2.90. The Bertz CT molecular complexity index is 789. The van der Waals surface area contributed by atoms with Crippen LogP contribution >= 0.6 is 0 Å². The average molecular weight is 420 g/mol. The molecule has 2 aliphatic rings. The van der Waals surface area contributed by atoms with E-state index >= 15 is 0 Å². The number of aliphatic hydroxyl groups is 1. The van der Waals surface area contributed by atoms with Gasteiger partial charge in [0.1, 0.15) is 18.8 Å². The molecule has 0 aromatic rings. The Morgan fingerprint density at radius 2 is 1.97 bits per heavy atom. The number of carbonyl (C=O) groups excluding carboxylic acids is 4. The molecule has 0 aromatic carbocycles. The molecule has 3 atom stereocenters. The van der Waals surface area contributed by atoms with Gasteiger partial charge >= 0.3 is 17.9 Å². The lowest BCUT2D eigenvalue weighted by Crippen LogP contribution is -2.26. The number of Topliss-reactive ketones (excluding diaryl/α,β-unsaturated/α-hetero) is 1. The van der Waals surface area contributed by atoms with Crippen molar-refractivity contribution in [2.45, 2.75) is 52.2 Å². The van der Waals surface area contributed by atoms with E-state index in [1.165, 1.54) is 13.0 Å². The standard InChI is InChI=1S/C22H28O8/c1-12(2)5-21(26)28-11-15-6-17(29-14(4)24)8-16(10-23)19(25)9-18-13(3)22(27)30-20(18)7-15/h7-8,12,17-18,20,23H,3,5-6,9-11H2,1-2,4H3/b15-7+,16-8-/t17-,18-,20+/m0/s1. The fourth-order valence-corrected chi connectivity index (χ4v) is 3.39. The Morgan fingerprint density at radius 3 is 2.57 bits per heavy atom. The minimum Gasteiger partial charge on any atom is -0.461 e. The highest BCUT2D eigenvalue weighted by Crippen LogP contribution is 2.33.